The molecule has 2 aromatic carbocycles. The normalized spacial score (nSPS) is 16.7. The van der Waals surface area contributed by atoms with Gasteiger partial charge in [-0.25, -0.2) is 37.1 Å². The van der Waals surface area contributed by atoms with Crippen LogP contribution in [0.1, 0.15) is 37.5 Å². The lowest BCUT2D eigenvalue weighted by molar-refractivity contribution is -0.0298. The molecule has 44 heavy (non-hydrogen) atoms. The monoisotopic (exact) mass is 619 g/mol. The smallest absolute Gasteiger partial charge is 0.265 e. The van der Waals surface area contributed by atoms with Gasteiger partial charge < -0.3 is 14.8 Å². The van der Waals surface area contributed by atoms with E-state index in [0.717, 1.165) is 43.4 Å². The van der Waals surface area contributed by atoms with Gasteiger partial charge in [0.2, 0.25) is 0 Å². The third-order valence-corrected chi connectivity index (χ3v) is 9.04. The minimum atomic E-state index is -4.28. The second kappa shape index (κ2) is 11.4. The van der Waals surface area contributed by atoms with Crippen LogP contribution in [0.2, 0.25) is 0 Å². The largest absolute Gasteiger partial charge is 0.492 e. The Morgan fingerprint density at radius 1 is 0.955 bits per heavy atom. The van der Waals surface area contributed by atoms with Crippen molar-refractivity contribution < 1.29 is 26.7 Å². The number of aromatic nitrogens is 5. The highest BCUT2D eigenvalue weighted by Crippen LogP contribution is 2.37. The highest BCUT2D eigenvalue weighted by molar-refractivity contribution is 7.92. The molecule has 2 aliphatic rings. The second-order valence-electron chi connectivity index (χ2n) is 10.5. The maximum Gasteiger partial charge on any atom is 0.265 e. The molecule has 5 aromatic rings. The van der Waals surface area contributed by atoms with Gasteiger partial charge in [0.25, 0.3) is 10.0 Å². The summed E-state index contributed by atoms with van der Waals surface area (Å²) >= 11 is 0. The van der Waals surface area contributed by atoms with Gasteiger partial charge in [-0.05, 0) is 68.0 Å². The summed E-state index contributed by atoms with van der Waals surface area (Å²) in [6.07, 6.45) is 8.55. The number of nitrogens with one attached hydrogen (secondary N) is 2. The molecule has 0 aliphatic carbocycles. The summed E-state index contributed by atoms with van der Waals surface area (Å²) in [5.74, 6) is -1.78. The lowest BCUT2D eigenvalue weighted by atomic mass is 10.1. The van der Waals surface area contributed by atoms with Crippen LogP contribution >= 0.6 is 0 Å². The van der Waals surface area contributed by atoms with Gasteiger partial charge in [-0.1, -0.05) is 12.1 Å². The first-order valence-corrected chi connectivity index (χ1v) is 15.7. The summed E-state index contributed by atoms with van der Waals surface area (Å²) in [5.41, 5.74) is 1.53. The van der Waals surface area contributed by atoms with Crippen LogP contribution in [0.5, 0.6) is 5.75 Å². The number of hydrogen-bond donors (Lipinski definition) is 2. The molecule has 7 rings (SSSR count). The SMILES string of the molecule is O=S(=O)(Nc1ccc(F)c(Nc2ncccc2-c2ncnc3c2ncn3C2CCCCO2)c1F)c1cccc2c1OCCC2. The molecule has 0 spiro atoms. The first kappa shape index (κ1) is 28.1. The van der Waals surface area contributed by atoms with Crippen LogP contribution in [-0.2, 0) is 21.2 Å². The van der Waals surface area contributed by atoms with Crippen LogP contribution in [0.3, 0.4) is 0 Å². The average Bonchev–Trinajstić information content (AvgIpc) is 3.49. The van der Waals surface area contributed by atoms with Crippen molar-refractivity contribution in [2.75, 3.05) is 23.3 Å². The van der Waals surface area contributed by atoms with Crippen LogP contribution in [0.25, 0.3) is 22.4 Å². The lowest BCUT2D eigenvalue weighted by Gasteiger charge is -2.23. The third-order valence-electron chi connectivity index (χ3n) is 7.65. The zero-order valence-electron chi connectivity index (χ0n) is 23.3. The summed E-state index contributed by atoms with van der Waals surface area (Å²) in [4.78, 5) is 17.6. The van der Waals surface area contributed by atoms with E-state index in [1.54, 1.807) is 30.6 Å². The summed E-state index contributed by atoms with van der Waals surface area (Å²) in [5, 5.41) is 2.72. The van der Waals surface area contributed by atoms with Crippen LogP contribution in [0.4, 0.5) is 26.0 Å². The Morgan fingerprint density at radius 2 is 1.86 bits per heavy atom. The Hall–Kier alpha value is -4.69. The van der Waals surface area contributed by atoms with Crippen LogP contribution in [0.15, 0.2) is 66.2 Å². The second-order valence-corrected chi connectivity index (χ2v) is 12.1. The molecule has 0 saturated carbocycles. The fourth-order valence-electron chi connectivity index (χ4n) is 5.53. The number of sulfonamides is 1. The molecular formula is C30H27F2N7O4S. The molecule has 5 heterocycles. The summed E-state index contributed by atoms with van der Waals surface area (Å²) in [6, 6.07) is 10.1. The maximum atomic E-state index is 15.9. The Kier molecular flexibility index (Phi) is 7.30. The molecule has 14 heteroatoms. The highest BCUT2D eigenvalue weighted by Gasteiger charge is 2.27. The molecule has 0 amide bonds. The van der Waals surface area contributed by atoms with Gasteiger partial charge >= 0.3 is 0 Å². The Morgan fingerprint density at radius 3 is 2.73 bits per heavy atom. The number of fused-ring (bicyclic) bond motifs is 2. The van der Waals surface area contributed by atoms with Gasteiger partial charge in [0.1, 0.15) is 51.7 Å². The molecule has 2 N–H and O–H groups in total. The van der Waals surface area contributed by atoms with E-state index in [1.165, 1.54) is 18.6 Å². The minimum absolute atomic E-state index is 0.0827. The molecule has 3 aromatic heterocycles. The molecule has 1 unspecified atom stereocenters. The van der Waals surface area contributed by atoms with E-state index < -0.39 is 33.0 Å². The number of para-hydroxylation sites is 1. The van der Waals surface area contributed by atoms with Gasteiger partial charge in [-0.2, -0.15) is 0 Å². The average molecular weight is 620 g/mol. The van der Waals surface area contributed by atoms with Crippen molar-refractivity contribution >= 4 is 38.4 Å². The number of rotatable bonds is 7. The fraction of sp³-hybridized carbons (Fsp3) is 0.267. The van der Waals surface area contributed by atoms with Crippen molar-refractivity contribution in [2.45, 2.75) is 43.2 Å². The van der Waals surface area contributed by atoms with Crippen LogP contribution in [-0.4, -0.2) is 46.1 Å². The number of aryl methyl sites for hydroxylation is 1. The number of hydrogen-bond acceptors (Lipinski definition) is 9. The Labute approximate surface area is 251 Å². The first-order valence-electron chi connectivity index (χ1n) is 14.2. The predicted molar refractivity (Wildman–Crippen MR) is 158 cm³/mol. The predicted octanol–water partition coefficient (Wildman–Crippen LogP) is 5.74. The molecular weight excluding hydrogens is 592 g/mol. The van der Waals surface area contributed by atoms with Crippen molar-refractivity contribution in [3.05, 3.63) is 78.5 Å². The number of ether oxygens (including phenoxy) is 2. The van der Waals surface area contributed by atoms with E-state index in [0.29, 0.717) is 42.1 Å². The number of anilines is 3. The molecule has 2 aliphatic heterocycles. The van der Waals surface area contributed by atoms with E-state index in [9.17, 15) is 8.42 Å². The topological polar surface area (TPSA) is 133 Å². The van der Waals surface area contributed by atoms with Crippen LogP contribution < -0.4 is 14.8 Å². The van der Waals surface area contributed by atoms with Crippen molar-refractivity contribution in [1.82, 2.24) is 24.5 Å². The fourth-order valence-corrected chi connectivity index (χ4v) is 6.78. The van der Waals surface area contributed by atoms with Gasteiger partial charge in [-0.15, -0.1) is 0 Å². The van der Waals surface area contributed by atoms with Crippen molar-refractivity contribution in [1.29, 1.82) is 0 Å². The molecule has 226 valence electrons. The summed E-state index contributed by atoms with van der Waals surface area (Å²) in [6.45, 7) is 1.02. The summed E-state index contributed by atoms with van der Waals surface area (Å²) < 4.78 is 73.3. The number of nitrogens with zero attached hydrogens (tertiary/aromatic N) is 5. The maximum absolute atomic E-state index is 15.9. The quantitative estimate of drug-likeness (QED) is 0.234. The number of imidazole rings is 1. The molecule has 0 bridgehead atoms. The van der Waals surface area contributed by atoms with E-state index in [-0.39, 0.29) is 22.7 Å². The third kappa shape index (κ3) is 5.09. The zero-order valence-corrected chi connectivity index (χ0v) is 24.2. The number of benzene rings is 2. The number of halogens is 2. The molecule has 1 atom stereocenters. The minimum Gasteiger partial charge on any atom is -0.492 e. The van der Waals surface area contributed by atoms with E-state index in [4.69, 9.17) is 9.47 Å². The zero-order chi connectivity index (χ0) is 30.3. The molecule has 0 radical (unpaired) electrons. The highest BCUT2D eigenvalue weighted by atomic mass is 32.2. The number of pyridine rings is 1. The summed E-state index contributed by atoms with van der Waals surface area (Å²) in [7, 11) is -4.28. The molecule has 1 fully saturated rings. The van der Waals surface area contributed by atoms with Gasteiger partial charge in [0.15, 0.2) is 11.5 Å². The lowest BCUT2D eigenvalue weighted by Crippen LogP contribution is -2.18. The van der Waals surface area contributed by atoms with E-state index >= 15 is 8.78 Å². The molecule has 11 nitrogen and oxygen atoms in total. The van der Waals surface area contributed by atoms with Crippen LogP contribution in [0, 0.1) is 11.6 Å². The van der Waals surface area contributed by atoms with Gasteiger partial charge in [-0.3, -0.25) is 9.29 Å². The van der Waals surface area contributed by atoms with Crippen molar-refractivity contribution in [3.63, 3.8) is 0 Å². The van der Waals surface area contributed by atoms with E-state index in [2.05, 4.69) is 30.0 Å². The standard InChI is InChI=1S/C30H27F2N7O4S/c31-20-11-12-21(38-44(40,41)22-9-3-6-18-7-5-15-43-28(18)22)24(32)26(20)37-29-19(8-4-13-33-29)25-27-30(35-16-34-25)39(17-36-27)23-10-1-2-14-42-23/h3-4,6,8-9,11-13,16-17,23,38H,1-2,5,7,10,14-15H2,(H,33,37). The van der Waals surface area contributed by atoms with E-state index in [1.807, 2.05) is 4.57 Å². The van der Waals surface area contributed by atoms with Crippen molar-refractivity contribution in [3.8, 4) is 17.0 Å². The van der Waals surface area contributed by atoms with Gasteiger partial charge in [0.05, 0.1) is 18.6 Å². The Balaban J connectivity index is 1.23. The van der Waals surface area contributed by atoms with Gasteiger partial charge in [0, 0.05) is 18.4 Å². The molecule has 1 saturated heterocycles. The van der Waals surface area contributed by atoms with Crippen molar-refractivity contribution in [2.24, 2.45) is 0 Å². The Bertz CT molecular complexity index is 1980. The first-order chi connectivity index (χ1) is 21.4.